The van der Waals surface area contributed by atoms with Gasteiger partial charge in [-0.3, -0.25) is 4.55 Å². The molecule has 2 N–H and O–H groups in total. The highest BCUT2D eigenvalue weighted by Crippen LogP contribution is 1.98. The van der Waals surface area contributed by atoms with Crippen LogP contribution in [0.3, 0.4) is 0 Å². The SMILES string of the molecule is C=C(CS(=O)(=O)O)C(=O)OCCO. The Balaban J connectivity index is 4.06. The predicted octanol–water partition coefficient (Wildman–Crippen LogP) is -1.03. The lowest BCUT2D eigenvalue weighted by Crippen LogP contribution is -2.16. The van der Waals surface area contributed by atoms with Gasteiger partial charge in [-0.25, -0.2) is 4.79 Å². The molecule has 0 aliphatic carbocycles. The van der Waals surface area contributed by atoms with Crippen molar-refractivity contribution in [3.05, 3.63) is 12.2 Å². The van der Waals surface area contributed by atoms with Crippen LogP contribution in [0.5, 0.6) is 0 Å². The molecule has 0 heterocycles. The van der Waals surface area contributed by atoms with Crippen molar-refractivity contribution < 1.29 is 27.6 Å². The maximum absolute atomic E-state index is 10.8. The molecule has 76 valence electrons. The van der Waals surface area contributed by atoms with Gasteiger partial charge in [0.15, 0.2) is 0 Å². The summed E-state index contributed by atoms with van der Waals surface area (Å²) < 4.78 is 33.2. The van der Waals surface area contributed by atoms with Crippen LogP contribution in [-0.2, 0) is 19.6 Å². The highest BCUT2D eigenvalue weighted by atomic mass is 32.2. The normalized spacial score (nSPS) is 10.9. The van der Waals surface area contributed by atoms with E-state index < -0.39 is 21.8 Å². The lowest BCUT2D eigenvalue weighted by Gasteiger charge is -2.03. The largest absolute Gasteiger partial charge is 0.460 e. The number of carbonyl (C=O) groups is 1. The number of rotatable bonds is 5. The molecule has 0 aromatic heterocycles. The molecule has 0 fully saturated rings. The second-order valence-corrected chi connectivity index (χ2v) is 3.64. The van der Waals surface area contributed by atoms with Crippen LogP contribution in [0, 0.1) is 0 Å². The number of esters is 1. The summed E-state index contributed by atoms with van der Waals surface area (Å²) in [7, 11) is -4.26. The quantitative estimate of drug-likeness (QED) is 0.341. The minimum Gasteiger partial charge on any atom is -0.460 e. The Morgan fingerprint density at radius 2 is 2.00 bits per heavy atom. The molecule has 0 aliphatic rings. The fraction of sp³-hybridized carbons (Fsp3) is 0.500. The summed E-state index contributed by atoms with van der Waals surface area (Å²) in [5.74, 6) is -1.82. The Labute approximate surface area is 75.6 Å². The van der Waals surface area contributed by atoms with E-state index in [1.54, 1.807) is 0 Å². The van der Waals surface area contributed by atoms with Crippen molar-refractivity contribution in [2.45, 2.75) is 0 Å². The second kappa shape index (κ2) is 4.95. The van der Waals surface area contributed by atoms with E-state index in [0.717, 1.165) is 0 Å². The third-order valence-electron chi connectivity index (χ3n) is 0.970. The van der Waals surface area contributed by atoms with Gasteiger partial charge in [0.25, 0.3) is 10.1 Å². The molecule has 13 heavy (non-hydrogen) atoms. The number of hydrogen-bond donors (Lipinski definition) is 2. The second-order valence-electron chi connectivity index (χ2n) is 2.19. The van der Waals surface area contributed by atoms with Gasteiger partial charge in [-0.2, -0.15) is 8.42 Å². The smallest absolute Gasteiger partial charge is 0.334 e. The van der Waals surface area contributed by atoms with Gasteiger partial charge >= 0.3 is 5.97 Å². The average Bonchev–Trinajstić information content (AvgIpc) is 1.96. The molecule has 0 bridgehead atoms. The molecule has 0 aromatic carbocycles. The van der Waals surface area contributed by atoms with Crippen molar-refractivity contribution in [2.75, 3.05) is 19.0 Å². The summed E-state index contributed by atoms with van der Waals surface area (Å²) in [4.78, 5) is 10.8. The molecule has 6 nitrogen and oxygen atoms in total. The summed E-state index contributed by atoms with van der Waals surface area (Å²) in [6.07, 6.45) is 0. The van der Waals surface area contributed by atoms with Gasteiger partial charge in [0.2, 0.25) is 0 Å². The molecule has 0 amide bonds. The Morgan fingerprint density at radius 1 is 1.46 bits per heavy atom. The monoisotopic (exact) mass is 210 g/mol. The van der Waals surface area contributed by atoms with Crippen molar-refractivity contribution >= 4 is 16.1 Å². The zero-order valence-electron chi connectivity index (χ0n) is 6.76. The molecule has 0 saturated heterocycles. The van der Waals surface area contributed by atoms with Crippen LogP contribution < -0.4 is 0 Å². The van der Waals surface area contributed by atoms with E-state index in [9.17, 15) is 13.2 Å². The summed E-state index contributed by atoms with van der Waals surface area (Å²) in [6, 6.07) is 0. The van der Waals surface area contributed by atoms with E-state index in [4.69, 9.17) is 9.66 Å². The van der Waals surface area contributed by atoms with E-state index in [-0.39, 0.29) is 18.8 Å². The molecular weight excluding hydrogens is 200 g/mol. The molecule has 0 aromatic rings. The van der Waals surface area contributed by atoms with Gasteiger partial charge in [0, 0.05) is 5.57 Å². The van der Waals surface area contributed by atoms with Crippen LogP contribution in [0.15, 0.2) is 12.2 Å². The lowest BCUT2D eigenvalue weighted by atomic mass is 10.4. The molecule has 0 atom stereocenters. The summed E-state index contributed by atoms with van der Waals surface area (Å²) in [5.41, 5.74) is -0.379. The first-order valence-corrected chi connectivity index (χ1v) is 4.88. The Kier molecular flexibility index (Phi) is 4.60. The highest BCUT2D eigenvalue weighted by Gasteiger charge is 2.15. The molecule has 0 spiro atoms. The van der Waals surface area contributed by atoms with Crippen molar-refractivity contribution in [1.82, 2.24) is 0 Å². The molecule has 0 radical (unpaired) electrons. The Hall–Kier alpha value is -0.920. The van der Waals surface area contributed by atoms with Crippen LogP contribution >= 0.6 is 0 Å². The van der Waals surface area contributed by atoms with Gasteiger partial charge in [-0.05, 0) is 0 Å². The van der Waals surface area contributed by atoms with E-state index in [0.29, 0.717) is 0 Å². The lowest BCUT2D eigenvalue weighted by molar-refractivity contribution is -0.139. The van der Waals surface area contributed by atoms with E-state index in [1.165, 1.54) is 0 Å². The predicted molar refractivity (Wildman–Crippen MR) is 43.6 cm³/mol. The third-order valence-corrected chi connectivity index (χ3v) is 1.68. The van der Waals surface area contributed by atoms with Crippen molar-refractivity contribution in [1.29, 1.82) is 0 Å². The fourth-order valence-corrected chi connectivity index (χ4v) is 1.08. The van der Waals surface area contributed by atoms with E-state index in [1.807, 2.05) is 0 Å². The van der Waals surface area contributed by atoms with Gasteiger partial charge in [-0.1, -0.05) is 6.58 Å². The topological polar surface area (TPSA) is 101 Å². The zero-order chi connectivity index (χ0) is 10.5. The van der Waals surface area contributed by atoms with Crippen LogP contribution in [0.2, 0.25) is 0 Å². The number of aliphatic hydroxyl groups is 1. The molecule has 0 rings (SSSR count). The highest BCUT2D eigenvalue weighted by molar-refractivity contribution is 7.86. The first kappa shape index (κ1) is 12.1. The van der Waals surface area contributed by atoms with Crippen molar-refractivity contribution in [3.63, 3.8) is 0 Å². The van der Waals surface area contributed by atoms with Crippen molar-refractivity contribution in [2.24, 2.45) is 0 Å². The van der Waals surface area contributed by atoms with Crippen LogP contribution in [0.1, 0.15) is 0 Å². The molecular formula is C6H10O6S. The molecule has 0 unspecified atom stereocenters. The Morgan fingerprint density at radius 3 is 2.38 bits per heavy atom. The van der Waals surface area contributed by atoms with Gasteiger partial charge in [0.05, 0.1) is 6.61 Å². The first-order chi connectivity index (χ1) is 5.87. The van der Waals surface area contributed by atoms with Crippen LogP contribution in [0.25, 0.3) is 0 Å². The third kappa shape index (κ3) is 6.26. The first-order valence-electron chi connectivity index (χ1n) is 3.27. The summed E-state index contributed by atoms with van der Waals surface area (Å²) in [5, 5.41) is 8.25. The minimum atomic E-state index is -4.26. The molecule has 0 aliphatic heterocycles. The summed E-state index contributed by atoms with van der Waals surface area (Å²) >= 11 is 0. The number of ether oxygens (including phenoxy) is 1. The maximum atomic E-state index is 10.8. The Bertz CT molecular complexity index is 290. The average molecular weight is 210 g/mol. The fourth-order valence-electron chi connectivity index (χ4n) is 0.520. The maximum Gasteiger partial charge on any atom is 0.334 e. The van der Waals surface area contributed by atoms with E-state index >= 15 is 0 Å². The van der Waals surface area contributed by atoms with Gasteiger partial charge in [0.1, 0.15) is 12.4 Å². The van der Waals surface area contributed by atoms with Gasteiger partial charge in [-0.15, -0.1) is 0 Å². The zero-order valence-corrected chi connectivity index (χ0v) is 7.58. The van der Waals surface area contributed by atoms with Crippen LogP contribution in [0.4, 0.5) is 0 Å². The van der Waals surface area contributed by atoms with Gasteiger partial charge < -0.3 is 9.84 Å². The van der Waals surface area contributed by atoms with Crippen molar-refractivity contribution in [3.8, 4) is 0 Å². The van der Waals surface area contributed by atoms with Crippen LogP contribution in [-0.4, -0.2) is 43.0 Å². The molecule has 0 saturated carbocycles. The summed E-state index contributed by atoms with van der Waals surface area (Å²) in [6.45, 7) is 2.51. The van der Waals surface area contributed by atoms with E-state index in [2.05, 4.69) is 11.3 Å². The number of aliphatic hydroxyl groups excluding tert-OH is 1. The number of hydrogen-bond acceptors (Lipinski definition) is 5. The number of carbonyl (C=O) groups excluding carboxylic acids is 1. The molecule has 7 heteroatoms. The standard InChI is InChI=1S/C6H10O6S/c1-5(4-13(9,10)11)6(8)12-3-2-7/h7H,1-4H2,(H,9,10,11). The minimum absolute atomic E-state index is 0.233.